The highest BCUT2D eigenvalue weighted by Gasteiger charge is 2.26. The summed E-state index contributed by atoms with van der Waals surface area (Å²) in [5.41, 5.74) is 1.03. The van der Waals surface area contributed by atoms with Gasteiger partial charge in [-0.3, -0.25) is 0 Å². The second-order valence-electron chi connectivity index (χ2n) is 5.91. The molecule has 112 valence electrons. The molecule has 21 heavy (non-hydrogen) atoms. The molecule has 1 saturated carbocycles. The lowest BCUT2D eigenvalue weighted by Gasteiger charge is -2.22. The normalized spacial score (nSPS) is 17.2. The van der Waals surface area contributed by atoms with Crippen LogP contribution in [0.4, 0.5) is 0 Å². The third-order valence-corrected chi connectivity index (χ3v) is 4.51. The van der Waals surface area contributed by atoms with Gasteiger partial charge in [0.15, 0.2) is 5.82 Å². The van der Waals surface area contributed by atoms with Crippen LogP contribution in [-0.2, 0) is 6.42 Å². The predicted molar refractivity (Wildman–Crippen MR) is 82.2 cm³/mol. The molecule has 0 bridgehead atoms. The molecule has 1 unspecified atom stereocenters. The Kier molecular flexibility index (Phi) is 4.60. The van der Waals surface area contributed by atoms with Crippen LogP contribution in [0.3, 0.4) is 0 Å². The van der Waals surface area contributed by atoms with Gasteiger partial charge in [0.25, 0.3) is 0 Å². The van der Waals surface area contributed by atoms with Crippen molar-refractivity contribution in [2.24, 2.45) is 11.8 Å². The Morgan fingerprint density at radius 3 is 2.71 bits per heavy atom. The first kappa shape index (κ1) is 14.2. The van der Waals surface area contributed by atoms with Gasteiger partial charge in [0.05, 0.1) is 5.69 Å². The number of para-hydroxylation sites is 1. The van der Waals surface area contributed by atoms with Gasteiger partial charge in [-0.25, -0.2) is 0 Å². The van der Waals surface area contributed by atoms with Crippen LogP contribution in [0.5, 0.6) is 0 Å². The fourth-order valence-corrected chi connectivity index (χ4v) is 3.43. The van der Waals surface area contributed by atoms with Crippen molar-refractivity contribution < 1.29 is 0 Å². The van der Waals surface area contributed by atoms with E-state index < -0.39 is 0 Å². The van der Waals surface area contributed by atoms with Crippen LogP contribution in [-0.4, -0.2) is 33.8 Å². The highest BCUT2D eigenvalue weighted by molar-refractivity contribution is 5.30. The Labute approximate surface area is 125 Å². The van der Waals surface area contributed by atoms with Gasteiger partial charge in [-0.15, -0.1) is 5.10 Å². The van der Waals surface area contributed by atoms with Crippen LogP contribution in [0.15, 0.2) is 30.3 Å². The van der Waals surface area contributed by atoms with Crippen LogP contribution >= 0.6 is 0 Å². The third-order valence-electron chi connectivity index (χ3n) is 4.51. The maximum Gasteiger partial charge on any atom is 0.157 e. The van der Waals surface area contributed by atoms with Gasteiger partial charge in [0, 0.05) is 6.42 Å². The second-order valence-corrected chi connectivity index (χ2v) is 5.91. The van der Waals surface area contributed by atoms with Crippen LogP contribution < -0.4 is 5.32 Å². The Bertz CT molecular complexity index is 545. The molecule has 1 atom stereocenters. The number of tetrazole rings is 1. The summed E-state index contributed by atoms with van der Waals surface area (Å²) in [6, 6.07) is 10.1. The number of aromatic nitrogens is 4. The van der Waals surface area contributed by atoms with E-state index in [1.807, 2.05) is 42.1 Å². The van der Waals surface area contributed by atoms with E-state index in [2.05, 4.69) is 20.8 Å². The first-order valence-electron chi connectivity index (χ1n) is 7.85. The number of rotatable bonds is 6. The Morgan fingerprint density at radius 1 is 1.24 bits per heavy atom. The smallest absolute Gasteiger partial charge is 0.157 e. The summed E-state index contributed by atoms with van der Waals surface area (Å²) in [5, 5.41) is 15.6. The van der Waals surface area contributed by atoms with E-state index in [9.17, 15) is 0 Å². The predicted octanol–water partition coefficient (Wildman–Crippen LogP) is 2.23. The molecule has 1 aliphatic rings. The summed E-state index contributed by atoms with van der Waals surface area (Å²) in [5.74, 6) is 2.39. The maximum absolute atomic E-state index is 4.26. The summed E-state index contributed by atoms with van der Waals surface area (Å²) in [4.78, 5) is 0. The molecule has 0 radical (unpaired) electrons. The molecule has 1 fully saturated rings. The quantitative estimate of drug-likeness (QED) is 0.884. The summed E-state index contributed by atoms with van der Waals surface area (Å²) >= 11 is 0. The highest BCUT2D eigenvalue weighted by Crippen LogP contribution is 2.32. The molecule has 1 aromatic carbocycles. The molecule has 0 aliphatic heterocycles. The fraction of sp³-hybridized carbons (Fsp3) is 0.562. The van der Waals surface area contributed by atoms with Gasteiger partial charge in [0.2, 0.25) is 0 Å². The SMILES string of the molecule is CNCC(Cc1nnnn1-c1ccccc1)C1CCCC1. The van der Waals surface area contributed by atoms with E-state index in [0.717, 1.165) is 30.4 Å². The van der Waals surface area contributed by atoms with Crippen LogP contribution in [0, 0.1) is 11.8 Å². The van der Waals surface area contributed by atoms with Crippen molar-refractivity contribution in [2.75, 3.05) is 13.6 Å². The molecule has 5 nitrogen and oxygen atoms in total. The average molecular weight is 285 g/mol. The van der Waals surface area contributed by atoms with Crippen molar-refractivity contribution in [2.45, 2.75) is 32.1 Å². The molecule has 0 saturated heterocycles. The summed E-state index contributed by atoms with van der Waals surface area (Å²) in [7, 11) is 2.03. The van der Waals surface area contributed by atoms with Crippen LogP contribution in [0.25, 0.3) is 5.69 Å². The first-order chi connectivity index (χ1) is 10.4. The minimum Gasteiger partial charge on any atom is -0.319 e. The van der Waals surface area contributed by atoms with Crippen LogP contribution in [0.2, 0.25) is 0 Å². The molecule has 1 aromatic heterocycles. The summed E-state index contributed by atoms with van der Waals surface area (Å²) in [6.07, 6.45) is 6.37. The minimum atomic E-state index is 0.617. The highest BCUT2D eigenvalue weighted by atomic mass is 15.5. The van der Waals surface area contributed by atoms with Crippen molar-refractivity contribution in [3.8, 4) is 5.69 Å². The molecule has 0 amide bonds. The second kappa shape index (κ2) is 6.80. The standard InChI is InChI=1S/C16H23N5/c1-17-12-14(13-7-5-6-8-13)11-16-18-19-20-21(16)15-9-3-2-4-10-15/h2-4,9-10,13-14,17H,5-8,11-12H2,1H3. The van der Waals surface area contributed by atoms with Crippen molar-refractivity contribution >= 4 is 0 Å². The van der Waals surface area contributed by atoms with E-state index >= 15 is 0 Å². The lowest BCUT2D eigenvalue weighted by Crippen LogP contribution is -2.27. The maximum atomic E-state index is 4.26. The van der Waals surface area contributed by atoms with E-state index in [4.69, 9.17) is 0 Å². The minimum absolute atomic E-state index is 0.617. The van der Waals surface area contributed by atoms with Crippen molar-refractivity contribution in [1.82, 2.24) is 25.5 Å². The number of nitrogens with one attached hydrogen (secondary N) is 1. The molecule has 1 heterocycles. The largest absolute Gasteiger partial charge is 0.319 e. The van der Waals surface area contributed by atoms with E-state index in [1.165, 1.54) is 25.7 Å². The van der Waals surface area contributed by atoms with Gasteiger partial charge in [-0.05, 0) is 48.0 Å². The third kappa shape index (κ3) is 3.29. The van der Waals surface area contributed by atoms with Crippen molar-refractivity contribution in [3.05, 3.63) is 36.2 Å². The molecule has 3 rings (SSSR count). The van der Waals surface area contributed by atoms with E-state index in [0.29, 0.717) is 5.92 Å². The van der Waals surface area contributed by atoms with Gasteiger partial charge in [0.1, 0.15) is 0 Å². The lowest BCUT2D eigenvalue weighted by molar-refractivity contribution is 0.321. The monoisotopic (exact) mass is 285 g/mol. The molecule has 5 heteroatoms. The summed E-state index contributed by atoms with van der Waals surface area (Å²) in [6.45, 7) is 1.03. The molecule has 1 aliphatic carbocycles. The van der Waals surface area contributed by atoms with E-state index in [1.54, 1.807) is 0 Å². The zero-order valence-corrected chi connectivity index (χ0v) is 12.6. The fourth-order valence-electron chi connectivity index (χ4n) is 3.43. The van der Waals surface area contributed by atoms with Crippen LogP contribution in [0.1, 0.15) is 31.5 Å². The molecule has 1 N–H and O–H groups in total. The number of benzene rings is 1. The Morgan fingerprint density at radius 2 is 2.00 bits per heavy atom. The molecule has 0 spiro atoms. The van der Waals surface area contributed by atoms with Gasteiger partial charge >= 0.3 is 0 Å². The zero-order chi connectivity index (χ0) is 14.5. The topological polar surface area (TPSA) is 55.6 Å². The molecular formula is C16H23N5. The van der Waals surface area contributed by atoms with Gasteiger partial charge in [-0.1, -0.05) is 43.9 Å². The average Bonchev–Trinajstić information content (AvgIpc) is 3.19. The lowest BCUT2D eigenvalue weighted by atomic mass is 9.88. The van der Waals surface area contributed by atoms with E-state index in [-0.39, 0.29) is 0 Å². The van der Waals surface area contributed by atoms with Crippen molar-refractivity contribution in [1.29, 1.82) is 0 Å². The van der Waals surface area contributed by atoms with Gasteiger partial charge in [-0.2, -0.15) is 4.68 Å². The zero-order valence-electron chi connectivity index (χ0n) is 12.6. The molecular weight excluding hydrogens is 262 g/mol. The number of hydrogen-bond donors (Lipinski definition) is 1. The first-order valence-corrected chi connectivity index (χ1v) is 7.85. The Balaban J connectivity index is 1.78. The number of nitrogens with zero attached hydrogens (tertiary/aromatic N) is 4. The number of hydrogen-bond acceptors (Lipinski definition) is 4. The van der Waals surface area contributed by atoms with Crippen molar-refractivity contribution in [3.63, 3.8) is 0 Å². The summed E-state index contributed by atoms with van der Waals surface area (Å²) < 4.78 is 1.87. The van der Waals surface area contributed by atoms with Gasteiger partial charge < -0.3 is 5.32 Å². The Hall–Kier alpha value is -1.75. The molecule has 2 aromatic rings.